The van der Waals surface area contributed by atoms with Gasteiger partial charge in [0, 0.05) is 25.6 Å². The SMILES string of the molecule is CC(C)NC(=O)N(C)C[C@@H]1Oc2c(NS(=O)(=O)c3ccccc3)cccc2C(=O)N([C@@H](C)CO)C[C@H]1C. The summed E-state index contributed by atoms with van der Waals surface area (Å²) in [7, 11) is -2.32. The Balaban J connectivity index is 2.05. The Kier molecular flexibility index (Phi) is 9.03. The van der Waals surface area contributed by atoms with Gasteiger partial charge in [-0.3, -0.25) is 9.52 Å². The number of carbonyl (C=O) groups is 2. The van der Waals surface area contributed by atoms with E-state index in [9.17, 15) is 23.1 Å². The normalized spacial score (nSPS) is 18.8. The van der Waals surface area contributed by atoms with Crippen LogP contribution < -0.4 is 14.8 Å². The third kappa shape index (κ3) is 6.72. The maximum atomic E-state index is 13.6. The van der Waals surface area contributed by atoms with Crippen LogP contribution in [0.15, 0.2) is 53.4 Å². The smallest absolute Gasteiger partial charge is 0.317 e. The molecule has 37 heavy (non-hydrogen) atoms. The second-order valence-electron chi connectivity index (χ2n) is 9.71. The topological polar surface area (TPSA) is 128 Å². The van der Waals surface area contributed by atoms with Crippen LogP contribution in [0, 0.1) is 5.92 Å². The number of hydrogen-bond donors (Lipinski definition) is 3. The van der Waals surface area contributed by atoms with Gasteiger partial charge in [-0.05, 0) is 45.0 Å². The van der Waals surface area contributed by atoms with E-state index >= 15 is 0 Å². The van der Waals surface area contributed by atoms with Crippen LogP contribution in [0.25, 0.3) is 0 Å². The third-order valence-corrected chi connectivity index (χ3v) is 7.58. The number of nitrogens with zero attached hydrogens (tertiary/aromatic N) is 2. The van der Waals surface area contributed by atoms with Gasteiger partial charge in [0.2, 0.25) is 0 Å². The number of aliphatic hydroxyl groups excluding tert-OH is 1. The Morgan fingerprint density at radius 1 is 1.16 bits per heavy atom. The van der Waals surface area contributed by atoms with Crippen LogP contribution in [-0.2, 0) is 10.0 Å². The van der Waals surface area contributed by atoms with Gasteiger partial charge in [0.05, 0.1) is 35.3 Å². The zero-order chi connectivity index (χ0) is 27.3. The number of hydrogen-bond acceptors (Lipinski definition) is 6. The molecular formula is C26H36N4O6S. The largest absolute Gasteiger partial charge is 0.485 e. The van der Waals surface area contributed by atoms with Gasteiger partial charge in [0.15, 0.2) is 5.75 Å². The number of urea groups is 1. The van der Waals surface area contributed by atoms with Crippen LogP contribution >= 0.6 is 0 Å². The summed E-state index contributed by atoms with van der Waals surface area (Å²) in [6.07, 6.45) is -0.578. The number of para-hydroxylation sites is 1. The summed E-state index contributed by atoms with van der Waals surface area (Å²) >= 11 is 0. The van der Waals surface area contributed by atoms with Crippen LogP contribution in [0.4, 0.5) is 10.5 Å². The van der Waals surface area contributed by atoms with Crippen molar-refractivity contribution in [3.8, 4) is 5.75 Å². The molecule has 0 aromatic heterocycles. The Hall–Kier alpha value is -3.31. The summed E-state index contributed by atoms with van der Waals surface area (Å²) in [6.45, 7) is 7.59. The second-order valence-corrected chi connectivity index (χ2v) is 11.4. The predicted octanol–water partition coefficient (Wildman–Crippen LogP) is 2.76. The molecule has 2 aromatic rings. The van der Waals surface area contributed by atoms with E-state index in [1.54, 1.807) is 49.2 Å². The molecule has 0 saturated carbocycles. The first-order valence-electron chi connectivity index (χ1n) is 12.3. The Morgan fingerprint density at radius 2 is 1.84 bits per heavy atom. The highest BCUT2D eigenvalue weighted by Crippen LogP contribution is 2.36. The Morgan fingerprint density at radius 3 is 2.46 bits per heavy atom. The molecule has 202 valence electrons. The summed E-state index contributed by atoms with van der Waals surface area (Å²) < 4.78 is 35.1. The lowest BCUT2D eigenvalue weighted by molar-refractivity contribution is 0.0369. The molecule has 0 spiro atoms. The molecule has 0 radical (unpaired) electrons. The monoisotopic (exact) mass is 532 g/mol. The summed E-state index contributed by atoms with van der Waals surface area (Å²) in [5.74, 6) is -0.552. The minimum Gasteiger partial charge on any atom is -0.485 e. The molecule has 3 rings (SSSR count). The van der Waals surface area contributed by atoms with Crippen molar-refractivity contribution < 1.29 is 27.9 Å². The zero-order valence-electron chi connectivity index (χ0n) is 21.8. The number of benzene rings is 2. The maximum Gasteiger partial charge on any atom is 0.317 e. The first-order valence-corrected chi connectivity index (χ1v) is 13.7. The van der Waals surface area contributed by atoms with Gasteiger partial charge in [-0.25, -0.2) is 13.2 Å². The van der Waals surface area contributed by atoms with Crippen molar-refractivity contribution in [2.24, 2.45) is 5.92 Å². The van der Waals surface area contributed by atoms with Crippen molar-refractivity contribution in [2.75, 3.05) is 31.5 Å². The number of carbonyl (C=O) groups excluding carboxylic acids is 2. The van der Waals surface area contributed by atoms with Crippen molar-refractivity contribution in [1.82, 2.24) is 15.1 Å². The number of anilines is 1. The maximum absolute atomic E-state index is 13.6. The molecule has 10 nitrogen and oxygen atoms in total. The number of amides is 3. The number of rotatable bonds is 8. The standard InChI is InChI=1S/C26H36N4O6S/c1-17(2)27-26(33)29(5)15-23-18(3)14-30(19(4)16-31)25(32)21-12-9-13-22(24(21)36-23)28-37(34,35)20-10-7-6-8-11-20/h6-13,17-19,23,28,31H,14-16H2,1-5H3,(H,27,33)/t18-,19+,23+/m1/s1. The van der Waals surface area contributed by atoms with Gasteiger partial charge >= 0.3 is 6.03 Å². The minimum absolute atomic E-state index is 0.0520. The summed E-state index contributed by atoms with van der Waals surface area (Å²) in [6, 6.07) is 11.8. The van der Waals surface area contributed by atoms with E-state index in [-0.39, 0.29) is 65.5 Å². The molecule has 1 aliphatic heterocycles. The molecule has 0 aliphatic carbocycles. The number of nitrogens with one attached hydrogen (secondary N) is 2. The van der Waals surface area contributed by atoms with E-state index in [2.05, 4.69) is 10.0 Å². The molecule has 0 saturated heterocycles. The molecule has 11 heteroatoms. The van der Waals surface area contributed by atoms with Gasteiger partial charge in [-0.15, -0.1) is 0 Å². The number of aliphatic hydroxyl groups is 1. The molecule has 0 bridgehead atoms. The van der Waals surface area contributed by atoms with Crippen molar-refractivity contribution in [2.45, 2.75) is 50.8 Å². The van der Waals surface area contributed by atoms with E-state index in [4.69, 9.17) is 4.74 Å². The molecule has 3 atom stereocenters. The quantitative estimate of drug-likeness (QED) is 0.480. The zero-order valence-corrected chi connectivity index (χ0v) is 22.7. The predicted molar refractivity (Wildman–Crippen MR) is 141 cm³/mol. The number of sulfonamides is 1. The van der Waals surface area contributed by atoms with E-state index < -0.39 is 22.2 Å². The summed E-state index contributed by atoms with van der Waals surface area (Å²) in [4.78, 5) is 29.3. The van der Waals surface area contributed by atoms with Gasteiger partial charge < -0.3 is 25.0 Å². The highest BCUT2D eigenvalue weighted by molar-refractivity contribution is 7.92. The molecule has 0 fully saturated rings. The number of fused-ring (bicyclic) bond motifs is 1. The van der Waals surface area contributed by atoms with E-state index in [0.717, 1.165) is 0 Å². The van der Waals surface area contributed by atoms with E-state index in [0.29, 0.717) is 0 Å². The molecule has 1 aliphatic rings. The average molecular weight is 533 g/mol. The fraction of sp³-hybridized carbons (Fsp3) is 0.462. The molecule has 2 aromatic carbocycles. The Labute approximate surface area is 218 Å². The lowest BCUT2D eigenvalue weighted by Crippen LogP contribution is -2.51. The highest BCUT2D eigenvalue weighted by Gasteiger charge is 2.35. The third-order valence-electron chi connectivity index (χ3n) is 6.20. The van der Waals surface area contributed by atoms with Crippen LogP contribution in [0.1, 0.15) is 38.1 Å². The van der Waals surface area contributed by atoms with Gasteiger partial charge in [-0.2, -0.15) is 0 Å². The molecule has 3 N–H and O–H groups in total. The lowest BCUT2D eigenvalue weighted by atomic mass is 9.99. The van der Waals surface area contributed by atoms with Crippen LogP contribution in [0.3, 0.4) is 0 Å². The number of ether oxygens (including phenoxy) is 1. The van der Waals surface area contributed by atoms with Crippen molar-refractivity contribution in [1.29, 1.82) is 0 Å². The van der Waals surface area contributed by atoms with E-state index in [1.807, 2.05) is 20.8 Å². The van der Waals surface area contributed by atoms with Crippen LogP contribution in [-0.4, -0.2) is 80.2 Å². The summed E-state index contributed by atoms with van der Waals surface area (Å²) in [5.41, 5.74) is 0.277. The fourth-order valence-corrected chi connectivity index (χ4v) is 5.14. The number of likely N-dealkylation sites (N-methyl/N-ethyl adjacent to an activating group) is 1. The van der Waals surface area contributed by atoms with E-state index in [1.165, 1.54) is 23.1 Å². The van der Waals surface area contributed by atoms with Crippen LogP contribution in [0.5, 0.6) is 5.75 Å². The Bertz CT molecular complexity index is 1200. The van der Waals surface area contributed by atoms with Crippen molar-refractivity contribution in [3.63, 3.8) is 0 Å². The lowest BCUT2D eigenvalue weighted by Gasteiger charge is -2.38. The van der Waals surface area contributed by atoms with Gasteiger partial charge in [-0.1, -0.05) is 31.2 Å². The first kappa shape index (κ1) is 28.3. The van der Waals surface area contributed by atoms with Crippen LogP contribution in [0.2, 0.25) is 0 Å². The fourth-order valence-electron chi connectivity index (χ4n) is 4.05. The highest BCUT2D eigenvalue weighted by atomic mass is 32.2. The average Bonchev–Trinajstić information content (AvgIpc) is 2.85. The second kappa shape index (κ2) is 11.8. The molecule has 3 amide bonds. The summed E-state index contributed by atoms with van der Waals surface area (Å²) in [5, 5.41) is 12.7. The first-order chi connectivity index (χ1) is 17.4. The molecule has 0 unspecified atom stereocenters. The minimum atomic E-state index is -3.97. The van der Waals surface area contributed by atoms with Crippen molar-refractivity contribution >= 4 is 27.6 Å². The van der Waals surface area contributed by atoms with Gasteiger partial charge in [0.25, 0.3) is 15.9 Å². The molecule has 1 heterocycles. The van der Waals surface area contributed by atoms with Crippen molar-refractivity contribution in [3.05, 3.63) is 54.1 Å². The van der Waals surface area contributed by atoms with Gasteiger partial charge in [0.1, 0.15) is 6.10 Å². The molecular weight excluding hydrogens is 496 g/mol.